The molecule has 4 heteroatoms. The minimum Gasteiger partial charge on any atom is -0.342 e. The van der Waals surface area contributed by atoms with Gasteiger partial charge < -0.3 is 10.2 Å². The van der Waals surface area contributed by atoms with Gasteiger partial charge in [0.15, 0.2) is 0 Å². The Labute approximate surface area is 118 Å². The number of rotatable bonds is 6. The maximum Gasteiger partial charge on any atom is 0.236 e. The van der Waals surface area contributed by atoms with Crippen LogP contribution in [0.3, 0.4) is 0 Å². The third kappa shape index (κ3) is 5.49. The number of hydrogen-bond donors (Lipinski definition) is 1. The highest BCUT2D eigenvalue weighted by atomic mass is 16.2. The minimum absolute atomic E-state index is 0.222. The predicted octanol–water partition coefficient (Wildman–Crippen LogP) is 1.71. The summed E-state index contributed by atoms with van der Waals surface area (Å²) in [6.45, 7) is 11.1. The third-order valence-corrected chi connectivity index (χ3v) is 4.10. The zero-order valence-electron chi connectivity index (χ0n) is 13.3. The summed E-state index contributed by atoms with van der Waals surface area (Å²) in [6.07, 6.45) is 3.83. The van der Waals surface area contributed by atoms with Crippen LogP contribution in [0, 0.1) is 0 Å². The number of nitrogens with one attached hydrogen (secondary N) is 1. The highest BCUT2D eigenvalue weighted by molar-refractivity contribution is 5.78. The molecule has 0 bridgehead atoms. The van der Waals surface area contributed by atoms with Crippen LogP contribution in [0.1, 0.15) is 47.0 Å². The zero-order valence-corrected chi connectivity index (χ0v) is 13.3. The van der Waals surface area contributed by atoms with Crippen molar-refractivity contribution in [1.29, 1.82) is 0 Å². The molecule has 1 rings (SSSR count). The van der Waals surface area contributed by atoms with Gasteiger partial charge in [0.1, 0.15) is 0 Å². The summed E-state index contributed by atoms with van der Waals surface area (Å²) in [5.74, 6) is 0.222. The molecule has 1 aliphatic rings. The smallest absolute Gasteiger partial charge is 0.236 e. The Hall–Kier alpha value is -0.610. The fraction of sp³-hybridized carbons (Fsp3) is 0.933. The van der Waals surface area contributed by atoms with E-state index in [-0.39, 0.29) is 11.9 Å². The number of carbonyl (C=O) groups is 1. The van der Waals surface area contributed by atoms with Gasteiger partial charge in [0.2, 0.25) is 5.91 Å². The third-order valence-electron chi connectivity index (χ3n) is 4.10. The molecule has 1 fully saturated rings. The molecule has 0 saturated carbocycles. The second-order valence-electron chi connectivity index (χ2n) is 6.27. The number of nitrogens with zero attached hydrogens (tertiary/aromatic N) is 2. The first-order valence-electron chi connectivity index (χ1n) is 7.65. The van der Waals surface area contributed by atoms with Gasteiger partial charge in [-0.15, -0.1) is 0 Å². The summed E-state index contributed by atoms with van der Waals surface area (Å²) in [4.78, 5) is 16.3. The second-order valence-corrected chi connectivity index (χ2v) is 6.27. The average molecular weight is 269 g/mol. The summed E-state index contributed by atoms with van der Waals surface area (Å²) in [6, 6.07) is 1.23. The Morgan fingerprint density at radius 2 is 1.89 bits per heavy atom. The van der Waals surface area contributed by atoms with Crippen molar-refractivity contribution in [2.45, 2.75) is 65.1 Å². The van der Waals surface area contributed by atoms with Crippen LogP contribution in [0.5, 0.6) is 0 Å². The highest BCUT2D eigenvalue weighted by Gasteiger charge is 2.22. The Morgan fingerprint density at radius 3 is 2.37 bits per heavy atom. The van der Waals surface area contributed by atoms with E-state index in [4.69, 9.17) is 0 Å². The SMILES string of the molecule is CC(C)N(CC(=O)N(C)C(C)C)CC1CCCCN1. The van der Waals surface area contributed by atoms with Gasteiger partial charge in [-0.25, -0.2) is 0 Å². The van der Waals surface area contributed by atoms with E-state index in [1.165, 1.54) is 19.3 Å². The van der Waals surface area contributed by atoms with E-state index in [0.717, 1.165) is 13.1 Å². The van der Waals surface area contributed by atoms with Gasteiger partial charge in [0.25, 0.3) is 0 Å². The van der Waals surface area contributed by atoms with Crippen molar-refractivity contribution in [3.05, 3.63) is 0 Å². The number of hydrogen-bond acceptors (Lipinski definition) is 3. The van der Waals surface area contributed by atoms with Crippen molar-refractivity contribution < 1.29 is 4.79 Å². The van der Waals surface area contributed by atoms with Crippen LogP contribution in [0.2, 0.25) is 0 Å². The Bertz CT molecular complexity index is 273. The van der Waals surface area contributed by atoms with E-state index in [1.807, 2.05) is 11.9 Å². The lowest BCUT2D eigenvalue weighted by molar-refractivity contribution is -0.133. The van der Waals surface area contributed by atoms with Crippen LogP contribution >= 0.6 is 0 Å². The van der Waals surface area contributed by atoms with E-state index in [9.17, 15) is 4.79 Å². The summed E-state index contributed by atoms with van der Waals surface area (Å²) in [5.41, 5.74) is 0. The summed E-state index contributed by atoms with van der Waals surface area (Å²) >= 11 is 0. The molecule has 1 aliphatic heterocycles. The fourth-order valence-electron chi connectivity index (χ4n) is 2.39. The molecule has 1 heterocycles. The van der Waals surface area contributed by atoms with E-state index in [2.05, 4.69) is 37.9 Å². The number of likely N-dealkylation sites (N-methyl/N-ethyl adjacent to an activating group) is 1. The number of piperidine rings is 1. The van der Waals surface area contributed by atoms with Crippen molar-refractivity contribution in [2.75, 3.05) is 26.7 Å². The Kier molecular flexibility index (Phi) is 6.80. The van der Waals surface area contributed by atoms with Crippen molar-refractivity contribution in [3.8, 4) is 0 Å². The van der Waals surface area contributed by atoms with Crippen molar-refractivity contribution >= 4 is 5.91 Å². The van der Waals surface area contributed by atoms with E-state index >= 15 is 0 Å². The molecule has 4 nitrogen and oxygen atoms in total. The van der Waals surface area contributed by atoms with Gasteiger partial charge in [-0.2, -0.15) is 0 Å². The molecule has 0 aromatic carbocycles. The van der Waals surface area contributed by atoms with Gasteiger partial charge in [-0.3, -0.25) is 9.69 Å². The molecular formula is C15H31N3O. The first-order valence-corrected chi connectivity index (χ1v) is 7.65. The molecule has 1 saturated heterocycles. The molecule has 0 aromatic heterocycles. The topological polar surface area (TPSA) is 35.6 Å². The molecule has 112 valence electrons. The van der Waals surface area contributed by atoms with Crippen LogP contribution in [-0.4, -0.2) is 60.5 Å². The van der Waals surface area contributed by atoms with Gasteiger partial charge >= 0.3 is 0 Å². The second kappa shape index (κ2) is 7.85. The van der Waals surface area contributed by atoms with E-state index in [0.29, 0.717) is 18.6 Å². The maximum atomic E-state index is 12.2. The van der Waals surface area contributed by atoms with Gasteiger partial charge in [0, 0.05) is 31.7 Å². The monoisotopic (exact) mass is 269 g/mol. The lowest BCUT2D eigenvalue weighted by atomic mass is 10.0. The summed E-state index contributed by atoms with van der Waals surface area (Å²) < 4.78 is 0. The normalized spacial score (nSPS) is 20.3. The molecule has 0 aliphatic carbocycles. The van der Waals surface area contributed by atoms with Crippen molar-refractivity contribution in [2.24, 2.45) is 0 Å². The quantitative estimate of drug-likeness (QED) is 0.797. The molecule has 1 atom stereocenters. The predicted molar refractivity (Wildman–Crippen MR) is 80.3 cm³/mol. The first-order chi connectivity index (χ1) is 8.91. The van der Waals surface area contributed by atoms with Crippen molar-refractivity contribution in [1.82, 2.24) is 15.1 Å². The zero-order chi connectivity index (χ0) is 14.4. The van der Waals surface area contributed by atoms with Crippen molar-refractivity contribution in [3.63, 3.8) is 0 Å². The van der Waals surface area contributed by atoms with Crippen LogP contribution in [0.15, 0.2) is 0 Å². The standard InChI is InChI=1S/C15H31N3O/c1-12(2)17(5)15(19)11-18(13(3)4)10-14-8-6-7-9-16-14/h12-14,16H,6-11H2,1-5H3. The Morgan fingerprint density at radius 1 is 1.21 bits per heavy atom. The molecule has 1 N–H and O–H groups in total. The maximum absolute atomic E-state index is 12.2. The largest absolute Gasteiger partial charge is 0.342 e. The molecule has 0 radical (unpaired) electrons. The summed E-state index contributed by atoms with van der Waals surface area (Å²) in [5, 5.41) is 3.56. The molecule has 1 unspecified atom stereocenters. The van der Waals surface area contributed by atoms with Gasteiger partial charge in [0.05, 0.1) is 6.54 Å². The molecule has 19 heavy (non-hydrogen) atoms. The number of carbonyl (C=O) groups excluding carboxylic acids is 1. The highest BCUT2D eigenvalue weighted by Crippen LogP contribution is 2.11. The van der Waals surface area contributed by atoms with Crippen LogP contribution in [0.25, 0.3) is 0 Å². The van der Waals surface area contributed by atoms with Gasteiger partial charge in [-0.05, 0) is 47.1 Å². The number of amides is 1. The fourth-order valence-corrected chi connectivity index (χ4v) is 2.39. The first kappa shape index (κ1) is 16.4. The minimum atomic E-state index is 0.222. The molecule has 0 spiro atoms. The molecular weight excluding hydrogens is 238 g/mol. The molecule has 1 amide bonds. The van der Waals surface area contributed by atoms with Crippen LogP contribution in [0.4, 0.5) is 0 Å². The summed E-state index contributed by atoms with van der Waals surface area (Å²) in [7, 11) is 1.89. The average Bonchev–Trinajstić information content (AvgIpc) is 2.37. The Balaban J connectivity index is 2.50. The van der Waals surface area contributed by atoms with Gasteiger partial charge in [-0.1, -0.05) is 6.42 Å². The lowest BCUT2D eigenvalue weighted by Gasteiger charge is -2.34. The van der Waals surface area contributed by atoms with Crippen LogP contribution in [-0.2, 0) is 4.79 Å². The van der Waals surface area contributed by atoms with E-state index < -0.39 is 0 Å². The van der Waals surface area contributed by atoms with Crippen LogP contribution < -0.4 is 5.32 Å². The lowest BCUT2D eigenvalue weighted by Crippen LogP contribution is -2.50. The van der Waals surface area contributed by atoms with E-state index in [1.54, 1.807) is 0 Å². The molecule has 0 aromatic rings.